The fourth-order valence-electron chi connectivity index (χ4n) is 1.78. The number of halogens is 1. The van der Waals surface area contributed by atoms with Gasteiger partial charge in [0.1, 0.15) is 5.82 Å². The second-order valence-electron chi connectivity index (χ2n) is 3.87. The summed E-state index contributed by atoms with van der Waals surface area (Å²) in [5, 5.41) is 3.34. The maximum absolute atomic E-state index is 13.0. The van der Waals surface area contributed by atoms with Crippen LogP contribution in [0.25, 0.3) is 0 Å². The molecule has 1 N–H and O–H groups in total. The maximum Gasteiger partial charge on any atom is 0.126 e. The Morgan fingerprint density at radius 2 is 2.23 bits per heavy atom. The van der Waals surface area contributed by atoms with Crippen molar-refractivity contribution in [3.05, 3.63) is 35.1 Å². The first-order valence-corrected chi connectivity index (χ1v) is 4.68. The molecule has 1 aromatic rings. The fraction of sp³-hybridized carbons (Fsp3) is 0.455. The van der Waals surface area contributed by atoms with Crippen LogP contribution >= 0.6 is 0 Å². The molecule has 0 spiro atoms. The summed E-state index contributed by atoms with van der Waals surface area (Å²) >= 11 is 0. The third-order valence-corrected chi connectivity index (χ3v) is 2.77. The molecule has 1 nitrogen and oxygen atoms in total. The van der Waals surface area contributed by atoms with Gasteiger partial charge in [-0.15, -0.1) is 0 Å². The van der Waals surface area contributed by atoms with E-state index in [1.54, 1.807) is 6.07 Å². The summed E-state index contributed by atoms with van der Waals surface area (Å²) in [5.41, 5.74) is 1.94. The minimum Gasteiger partial charge on any atom is -0.309 e. The quantitative estimate of drug-likeness (QED) is 0.698. The number of hydrogen-bond acceptors (Lipinski definition) is 1. The summed E-state index contributed by atoms with van der Waals surface area (Å²) in [6.07, 6.45) is 0. The van der Waals surface area contributed by atoms with E-state index in [0.717, 1.165) is 12.1 Å². The van der Waals surface area contributed by atoms with E-state index in [1.165, 1.54) is 5.56 Å². The lowest BCUT2D eigenvalue weighted by atomic mass is 9.87. The summed E-state index contributed by atoms with van der Waals surface area (Å²) in [5.74, 6) is 0.556. The lowest BCUT2D eigenvalue weighted by molar-refractivity contribution is 0.258. The van der Waals surface area contributed by atoms with Gasteiger partial charge >= 0.3 is 0 Å². The molecule has 0 amide bonds. The number of benzene rings is 1. The van der Waals surface area contributed by atoms with Gasteiger partial charge in [0.25, 0.3) is 0 Å². The van der Waals surface area contributed by atoms with Crippen LogP contribution in [0, 0.1) is 18.7 Å². The van der Waals surface area contributed by atoms with E-state index in [2.05, 4.69) is 12.2 Å². The second kappa shape index (κ2) is 3.11. The van der Waals surface area contributed by atoms with Gasteiger partial charge in [0, 0.05) is 12.6 Å². The van der Waals surface area contributed by atoms with Gasteiger partial charge in [-0.05, 0) is 30.0 Å². The number of rotatable bonds is 1. The zero-order chi connectivity index (χ0) is 9.42. The Kier molecular flexibility index (Phi) is 2.08. The van der Waals surface area contributed by atoms with Gasteiger partial charge in [-0.2, -0.15) is 0 Å². The first kappa shape index (κ1) is 8.70. The molecule has 1 saturated heterocycles. The van der Waals surface area contributed by atoms with Gasteiger partial charge in [0.15, 0.2) is 0 Å². The number of aryl methyl sites for hydroxylation is 1. The van der Waals surface area contributed by atoms with Crippen LogP contribution in [0.2, 0.25) is 0 Å². The van der Waals surface area contributed by atoms with Crippen molar-refractivity contribution in [1.82, 2.24) is 5.32 Å². The summed E-state index contributed by atoms with van der Waals surface area (Å²) in [4.78, 5) is 0. The van der Waals surface area contributed by atoms with Crippen molar-refractivity contribution in [2.45, 2.75) is 19.9 Å². The lowest BCUT2D eigenvalue weighted by Gasteiger charge is -2.36. The molecule has 1 heterocycles. The molecule has 0 aromatic heterocycles. The molecule has 1 aliphatic rings. The predicted molar refractivity (Wildman–Crippen MR) is 51.0 cm³/mol. The van der Waals surface area contributed by atoms with Gasteiger partial charge in [0.2, 0.25) is 0 Å². The third kappa shape index (κ3) is 1.46. The fourth-order valence-corrected chi connectivity index (χ4v) is 1.78. The summed E-state index contributed by atoms with van der Waals surface area (Å²) in [7, 11) is 0. The van der Waals surface area contributed by atoms with Crippen molar-refractivity contribution in [2.75, 3.05) is 6.54 Å². The van der Waals surface area contributed by atoms with E-state index in [0.29, 0.717) is 12.0 Å². The monoisotopic (exact) mass is 179 g/mol. The number of nitrogens with one attached hydrogen (secondary N) is 1. The maximum atomic E-state index is 13.0. The summed E-state index contributed by atoms with van der Waals surface area (Å²) in [6, 6.07) is 5.79. The Morgan fingerprint density at radius 3 is 2.69 bits per heavy atom. The second-order valence-corrected chi connectivity index (χ2v) is 3.87. The topological polar surface area (TPSA) is 12.0 Å². The minimum absolute atomic E-state index is 0.115. The van der Waals surface area contributed by atoms with E-state index in [1.807, 2.05) is 19.1 Å². The van der Waals surface area contributed by atoms with Crippen LogP contribution in [0.15, 0.2) is 18.2 Å². The van der Waals surface area contributed by atoms with Crippen LogP contribution in [0.1, 0.15) is 24.1 Å². The minimum atomic E-state index is -0.115. The SMILES string of the molecule is Cc1cc(C2NCC2C)ccc1F. The average Bonchev–Trinajstić information content (AvgIpc) is 2.09. The van der Waals surface area contributed by atoms with Crippen molar-refractivity contribution >= 4 is 0 Å². The van der Waals surface area contributed by atoms with Gasteiger partial charge in [0.05, 0.1) is 0 Å². The van der Waals surface area contributed by atoms with Crippen molar-refractivity contribution in [3.8, 4) is 0 Å². The number of hydrogen-bond donors (Lipinski definition) is 1. The molecule has 0 radical (unpaired) electrons. The predicted octanol–water partition coefficient (Wildman–Crippen LogP) is 2.41. The van der Waals surface area contributed by atoms with Crippen LogP contribution in [-0.2, 0) is 0 Å². The molecular weight excluding hydrogens is 165 g/mol. The van der Waals surface area contributed by atoms with E-state index in [9.17, 15) is 4.39 Å². The highest BCUT2D eigenvalue weighted by atomic mass is 19.1. The van der Waals surface area contributed by atoms with E-state index >= 15 is 0 Å². The van der Waals surface area contributed by atoms with Crippen molar-refractivity contribution in [3.63, 3.8) is 0 Å². The van der Waals surface area contributed by atoms with Crippen LogP contribution in [-0.4, -0.2) is 6.54 Å². The van der Waals surface area contributed by atoms with E-state index in [-0.39, 0.29) is 5.82 Å². The van der Waals surface area contributed by atoms with E-state index < -0.39 is 0 Å². The Hall–Kier alpha value is -0.890. The molecular formula is C11H14FN. The highest BCUT2D eigenvalue weighted by molar-refractivity contribution is 5.28. The van der Waals surface area contributed by atoms with Gasteiger partial charge in [-0.1, -0.05) is 19.1 Å². The Bertz CT molecular complexity index is 322. The molecule has 70 valence electrons. The van der Waals surface area contributed by atoms with Gasteiger partial charge in [-0.25, -0.2) is 4.39 Å². The smallest absolute Gasteiger partial charge is 0.126 e. The van der Waals surface area contributed by atoms with Crippen molar-refractivity contribution in [2.24, 2.45) is 5.92 Å². The molecule has 0 bridgehead atoms. The Labute approximate surface area is 78.0 Å². The summed E-state index contributed by atoms with van der Waals surface area (Å²) < 4.78 is 13.0. The molecule has 0 saturated carbocycles. The molecule has 0 aliphatic carbocycles. The largest absolute Gasteiger partial charge is 0.309 e. The first-order chi connectivity index (χ1) is 6.18. The first-order valence-electron chi connectivity index (χ1n) is 4.68. The standard InChI is InChI=1S/C11H14FN/c1-7-5-9(3-4-10(7)12)11-8(2)6-13-11/h3-5,8,11,13H,6H2,1-2H3. The molecule has 1 fully saturated rings. The molecule has 2 heteroatoms. The molecule has 1 aliphatic heterocycles. The normalized spacial score (nSPS) is 27.0. The van der Waals surface area contributed by atoms with Crippen molar-refractivity contribution < 1.29 is 4.39 Å². The third-order valence-electron chi connectivity index (χ3n) is 2.77. The van der Waals surface area contributed by atoms with E-state index in [4.69, 9.17) is 0 Å². The molecule has 13 heavy (non-hydrogen) atoms. The molecule has 2 unspecified atom stereocenters. The van der Waals surface area contributed by atoms with Crippen LogP contribution in [0.5, 0.6) is 0 Å². The Morgan fingerprint density at radius 1 is 1.46 bits per heavy atom. The Balaban J connectivity index is 2.26. The van der Waals surface area contributed by atoms with Crippen LogP contribution in [0.3, 0.4) is 0 Å². The zero-order valence-electron chi connectivity index (χ0n) is 7.97. The highest BCUT2D eigenvalue weighted by Crippen LogP contribution is 2.29. The zero-order valence-corrected chi connectivity index (χ0v) is 7.97. The average molecular weight is 179 g/mol. The molecule has 1 aromatic carbocycles. The molecule has 2 rings (SSSR count). The summed E-state index contributed by atoms with van der Waals surface area (Å²) in [6.45, 7) is 5.09. The van der Waals surface area contributed by atoms with Crippen molar-refractivity contribution in [1.29, 1.82) is 0 Å². The van der Waals surface area contributed by atoms with Crippen LogP contribution in [0.4, 0.5) is 4.39 Å². The van der Waals surface area contributed by atoms with Gasteiger partial charge < -0.3 is 5.32 Å². The molecule has 2 atom stereocenters. The van der Waals surface area contributed by atoms with Gasteiger partial charge in [-0.3, -0.25) is 0 Å². The highest BCUT2D eigenvalue weighted by Gasteiger charge is 2.27. The van der Waals surface area contributed by atoms with Crippen LogP contribution < -0.4 is 5.32 Å². The lowest BCUT2D eigenvalue weighted by Crippen LogP contribution is -2.43.